The SMILES string of the molecule is CC(C)NCc1cnc(N2CCCOC(C)C2)s1. The van der Waals surface area contributed by atoms with Crippen LogP contribution in [0, 0.1) is 0 Å². The second kappa shape index (κ2) is 6.50. The van der Waals surface area contributed by atoms with E-state index in [1.165, 1.54) is 4.88 Å². The Bertz CT molecular complexity index is 367. The van der Waals surface area contributed by atoms with Crippen molar-refractivity contribution in [1.29, 1.82) is 0 Å². The summed E-state index contributed by atoms with van der Waals surface area (Å²) in [6.07, 6.45) is 3.38. The average molecular weight is 269 g/mol. The van der Waals surface area contributed by atoms with Crippen molar-refractivity contribution < 1.29 is 4.74 Å². The molecule has 1 unspecified atom stereocenters. The number of anilines is 1. The summed E-state index contributed by atoms with van der Waals surface area (Å²) in [5.74, 6) is 0. The molecule has 102 valence electrons. The van der Waals surface area contributed by atoms with Crippen molar-refractivity contribution >= 4 is 16.5 Å². The molecule has 4 nitrogen and oxygen atoms in total. The van der Waals surface area contributed by atoms with E-state index in [2.05, 4.69) is 36.0 Å². The Morgan fingerprint density at radius 2 is 2.44 bits per heavy atom. The van der Waals surface area contributed by atoms with Gasteiger partial charge in [-0.2, -0.15) is 0 Å². The summed E-state index contributed by atoms with van der Waals surface area (Å²) in [6.45, 7) is 10.2. The maximum atomic E-state index is 5.66. The van der Waals surface area contributed by atoms with Crippen LogP contribution in [-0.2, 0) is 11.3 Å². The van der Waals surface area contributed by atoms with Gasteiger partial charge in [0.25, 0.3) is 0 Å². The predicted molar refractivity (Wildman–Crippen MR) is 76.3 cm³/mol. The van der Waals surface area contributed by atoms with Crippen LogP contribution in [0.15, 0.2) is 6.20 Å². The van der Waals surface area contributed by atoms with Crippen molar-refractivity contribution in [1.82, 2.24) is 10.3 Å². The average Bonchev–Trinajstić information content (AvgIpc) is 2.69. The zero-order valence-electron chi connectivity index (χ0n) is 11.5. The van der Waals surface area contributed by atoms with Crippen LogP contribution in [0.1, 0.15) is 32.1 Å². The molecule has 1 aromatic rings. The topological polar surface area (TPSA) is 37.4 Å². The Balaban J connectivity index is 1.95. The molecule has 5 heteroatoms. The number of ether oxygens (including phenoxy) is 1. The van der Waals surface area contributed by atoms with Crippen molar-refractivity contribution in [2.75, 3.05) is 24.6 Å². The van der Waals surface area contributed by atoms with Gasteiger partial charge in [-0.25, -0.2) is 4.98 Å². The first kappa shape index (κ1) is 13.8. The van der Waals surface area contributed by atoms with Crippen molar-refractivity contribution in [2.45, 2.75) is 45.9 Å². The fraction of sp³-hybridized carbons (Fsp3) is 0.769. The minimum Gasteiger partial charge on any atom is -0.377 e. The lowest BCUT2D eigenvalue weighted by Gasteiger charge is -2.20. The van der Waals surface area contributed by atoms with Gasteiger partial charge >= 0.3 is 0 Å². The molecule has 0 aromatic carbocycles. The molecule has 0 bridgehead atoms. The van der Waals surface area contributed by atoms with Crippen molar-refractivity contribution in [3.8, 4) is 0 Å². The molecule has 1 aliphatic heterocycles. The fourth-order valence-electron chi connectivity index (χ4n) is 2.00. The third-order valence-corrected chi connectivity index (χ3v) is 4.01. The normalized spacial score (nSPS) is 21.3. The van der Waals surface area contributed by atoms with Crippen LogP contribution in [0.3, 0.4) is 0 Å². The number of rotatable bonds is 4. The summed E-state index contributed by atoms with van der Waals surface area (Å²) in [7, 11) is 0. The fourth-order valence-corrected chi connectivity index (χ4v) is 2.89. The summed E-state index contributed by atoms with van der Waals surface area (Å²) in [6, 6.07) is 0.516. The molecule has 2 rings (SSSR count). The highest BCUT2D eigenvalue weighted by atomic mass is 32.1. The van der Waals surface area contributed by atoms with Gasteiger partial charge in [0.2, 0.25) is 0 Å². The minimum absolute atomic E-state index is 0.300. The van der Waals surface area contributed by atoms with Gasteiger partial charge in [-0.1, -0.05) is 13.8 Å². The van der Waals surface area contributed by atoms with Crippen LogP contribution in [-0.4, -0.2) is 36.8 Å². The Kier molecular flexibility index (Phi) is 4.97. The van der Waals surface area contributed by atoms with Crippen LogP contribution in [0.2, 0.25) is 0 Å². The molecule has 0 saturated carbocycles. The molecule has 1 aliphatic rings. The van der Waals surface area contributed by atoms with E-state index in [9.17, 15) is 0 Å². The quantitative estimate of drug-likeness (QED) is 0.910. The van der Waals surface area contributed by atoms with E-state index in [0.29, 0.717) is 12.1 Å². The Labute approximate surface area is 113 Å². The highest BCUT2D eigenvalue weighted by Gasteiger charge is 2.17. The zero-order valence-corrected chi connectivity index (χ0v) is 12.3. The van der Waals surface area contributed by atoms with E-state index >= 15 is 0 Å². The maximum Gasteiger partial charge on any atom is 0.185 e. The van der Waals surface area contributed by atoms with Crippen LogP contribution in [0.5, 0.6) is 0 Å². The van der Waals surface area contributed by atoms with Gasteiger partial charge < -0.3 is 15.0 Å². The minimum atomic E-state index is 0.300. The first-order valence-electron chi connectivity index (χ1n) is 6.70. The van der Waals surface area contributed by atoms with Gasteiger partial charge in [-0.3, -0.25) is 0 Å². The smallest absolute Gasteiger partial charge is 0.185 e. The molecule has 0 radical (unpaired) electrons. The van der Waals surface area contributed by atoms with E-state index in [4.69, 9.17) is 4.74 Å². The molecule has 1 saturated heterocycles. The lowest BCUT2D eigenvalue weighted by molar-refractivity contribution is 0.0821. The van der Waals surface area contributed by atoms with E-state index in [1.54, 1.807) is 11.3 Å². The van der Waals surface area contributed by atoms with Gasteiger partial charge in [0.1, 0.15) is 0 Å². The maximum absolute atomic E-state index is 5.66. The molecule has 0 spiro atoms. The molecular formula is C13H23N3OS. The van der Waals surface area contributed by atoms with Gasteiger partial charge in [0.15, 0.2) is 5.13 Å². The second-order valence-electron chi connectivity index (χ2n) is 5.13. The highest BCUT2D eigenvalue weighted by molar-refractivity contribution is 7.15. The third kappa shape index (κ3) is 3.93. The monoisotopic (exact) mass is 269 g/mol. The summed E-state index contributed by atoms with van der Waals surface area (Å²) in [4.78, 5) is 8.19. The largest absolute Gasteiger partial charge is 0.377 e. The van der Waals surface area contributed by atoms with E-state index in [-0.39, 0.29) is 0 Å². The Morgan fingerprint density at radius 3 is 3.22 bits per heavy atom. The molecule has 1 N–H and O–H groups in total. The molecule has 1 aromatic heterocycles. The van der Waals surface area contributed by atoms with Crippen molar-refractivity contribution in [2.24, 2.45) is 0 Å². The summed E-state index contributed by atoms with van der Waals surface area (Å²) >= 11 is 1.79. The van der Waals surface area contributed by atoms with Gasteiger partial charge in [-0.15, -0.1) is 11.3 Å². The summed E-state index contributed by atoms with van der Waals surface area (Å²) < 4.78 is 5.66. The highest BCUT2D eigenvalue weighted by Crippen LogP contribution is 2.24. The first-order chi connectivity index (χ1) is 8.65. The van der Waals surface area contributed by atoms with Crippen LogP contribution in [0.25, 0.3) is 0 Å². The summed E-state index contributed by atoms with van der Waals surface area (Å²) in [5, 5.41) is 4.56. The van der Waals surface area contributed by atoms with Crippen LogP contribution in [0.4, 0.5) is 5.13 Å². The number of aromatic nitrogens is 1. The standard InChI is InChI=1S/C13H23N3OS/c1-10(2)14-7-12-8-15-13(18-12)16-5-4-6-17-11(3)9-16/h8,10-11,14H,4-7,9H2,1-3H3. The van der Waals surface area contributed by atoms with Gasteiger partial charge in [0, 0.05) is 43.4 Å². The summed E-state index contributed by atoms with van der Waals surface area (Å²) in [5.41, 5.74) is 0. The van der Waals surface area contributed by atoms with Gasteiger partial charge in [0.05, 0.1) is 6.10 Å². The van der Waals surface area contributed by atoms with Gasteiger partial charge in [-0.05, 0) is 13.3 Å². The van der Waals surface area contributed by atoms with E-state index < -0.39 is 0 Å². The number of hydrogen-bond acceptors (Lipinski definition) is 5. The number of hydrogen-bond donors (Lipinski definition) is 1. The zero-order chi connectivity index (χ0) is 13.0. The predicted octanol–water partition coefficient (Wildman–Crippen LogP) is 2.26. The number of nitrogens with zero attached hydrogens (tertiary/aromatic N) is 2. The lowest BCUT2D eigenvalue weighted by Crippen LogP contribution is -2.29. The van der Waals surface area contributed by atoms with Crippen molar-refractivity contribution in [3.05, 3.63) is 11.1 Å². The first-order valence-corrected chi connectivity index (χ1v) is 7.51. The van der Waals surface area contributed by atoms with Crippen LogP contribution < -0.4 is 10.2 Å². The number of nitrogens with one attached hydrogen (secondary N) is 1. The molecule has 0 amide bonds. The van der Waals surface area contributed by atoms with Crippen LogP contribution >= 0.6 is 11.3 Å². The van der Waals surface area contributed by atoms with E-state index in [1.807, 2.05) is 6.20 Å². The van der Waals surface area contributed by atoms with Crippen molar-refractivity contribution in [3.63, 3.8) is 0 Å². The van der Waals surface area contributed by atoms with E-state index in [0.717, 1.165) is 37.8 Å². The molecular weight excluding hydrogens is 246 g/mol. The molecule has 1 atom stereocenters. The second-order valence-corrected chi connectivity index (χ2v) is 6.22. The lowest BCUT2D eigenvalue weighted by atomic mass is 10.4. The third-order valence-electron chi connectivity index (χ3n) is 2.95. The molecule has 1 fully saturated rings. The molecule has 18 heavy (non-hydrogen) atoms. The Hall–Kier alpha value is -0.650. The Morgan fingerprint density at radius 1 is 1.61 bits per heavy atom. The number of thiazole rings is 1. The molecule has 0 aliphatic carbocycles. The molecule has 2 heterocycles.